The molecule has 2 fully saturated rings. The molecule has 0 spiro atoms. The van der Waals surface area contributed by atoms with Gasteiger partial charge in [0.05, 0.1) is 24.9 Å². The SMILES string of the molecule is CS(=O)(=O)C1(CCCC(=O)CCCC(=O)CCCC2CC(O)(CC(=O)O)CC(=O)O2)CC(O)(C(=O)O)CC(=O)O1. The van der Waals surface area contributed by atoms with Crippen molar-refractivity contribution < 1.29 is 67.1 Å². The second-order valence-corrected chi connectivity index (χ2v) is 13.1. The van der Waals surface area contributed by atoms with Crippen molar-refractivity contribution in [2.75, 3.05) is 6.26 Å². The summed E-state index contributed by atoms with van der Waals surface area (Å²) in [6.45, 7) is 0. The van der Waals surface area contributed by atoms with Gasteiger partial charge in [0.1, 0.15) is 17.7 Å². The molecule has 0 saturated carbocycles. The molecule has 0 aliphatic carbocycles. The van der Waals surface area contributed by atoms with Gasteiger partial charge in [-0.05, 0) is 25.7 Å². The van der Waals surface area contributed by atoms with Gasteiger partial charge in [0, 0.05) is 51.2 Å². The van der Waals surface area contributed by atoms with Crippen LogP contribution in [0.15, 0.2) is 0 Å². The minimum absolute atomic E-state index is 0.0267. The summed E-state index contributed by atoms with van der Waals surface area (Å²) in [7, 11) is -4.17. The Hall–Kier alpha value is -2.91. The Morgan fingerprint density at radius 3 is 2.02 bits per heavy atom. The molecule has 0 amide bonds. The third-order valence-corrected chi connectivity index (χ3v) is 8.92. The highest BCUT2D eigenvalue weighted by Crippen LogP contribution is 2.40. The average molecular weight is 593 g/mol. The van der Waals surface area contributed by atoms with E-state index < -0.39 is 81.6 Å². The number of sulfone groups is 1. The summed E-state index contributed by atoms with van der Waals surface area (Å²) < 4.78 is 35.0. The van der Waals surface area contributed by atoms with E-state index in [9.17, 15) is 52.5 Å². The molecule has 2 aliphatic rings. The predicted octanol–water partition coefficient (Wildman–Crippen LogP) is 0.441. The molecule has 40 heavy (non-hydrogen) atoms. The number of carbonyl (C=O) groups is 6. The van der Waals surface area contributed by atoms with Gasteiger partial charge in [0.25, 0.3) is 0 Å². The number of aliphatic carboxylic acids is 2. The molecule has 2 aliphatic heterocycles. The van der Waals surface area contributed by atoms with E-state index in [1.165, 1.54) is 0 Å². The number of hydrogen-bond acceptors (Lipinski definition) is 12. The third kappa shape index (κ3) is 9.34. The number of cyclic esters (lactones) is 2. The lowest BCUT2D eigenvalue weighted by Crippen LogP contribution is -2.58. The summed E-state index contributed by atoms with van der Waals surface area (Å²) in [6, 6.07) is 0. The van der Waals surface area contributed by atoms with Gasteiger partial charge in [0.15, 0.2) is 15.4 Å². The van der Waals surface area contributed by atoms with Crippen LogP contribution in [0.3, 0.4) is 0 Å². The largest absolute Gasteiger partial charge is 0.481 e. The maximum Gasteiger partial charge on any atom is 0.336 e. The standard InChI is InChI=1S/C25H36O14S/c1-40(36,37)25(15-24(35,22(32)33)14-21(31)39-25)10-4-8-17(27)6-2-5-16(26)7-3-9-18-11-23(34,12-19(28)29)13-20(30)38-18/h18,34-35H,2-15H2,1H3,(H,28,29)(H,32,33). The van der Waals surface area contributed by atoms with Crippen LogP contribution in [-0.4, -0.2) is 92.8 Å². The molecule has 0 aromatic rings. The number of esters is 2. The van der Waals surface area contributed by atoms with Gasteiger partial charge >= 0.3 is 23.9 Å². The van der Waals surface area contributed by atoms with Crippen LogP contribution in [0.4, 0.5) is 0 Å². The summed E-state index contributed by atoms with van der Waals surface area (Å²) in [5.74, 6) is -5.29. The first-order valence-corrected chi connectivity index (χ1v) is 14.8. The lowest BCUT2D eigenvalue weighted by Gasteiger charge is -2.41. The monoisotopic (exact) mass is 592 g/mol. The molecule has 4 unspecified atom stereocenters. The van der Waals surface area contributed by atoms with Crippen molar-refractivity contribution in [3.63, 3.8) is 0 Å². The molecule has 226 valence electrons. The number of rotatable bonds is 16. The number of aliphatic hydroxyl groups is 2. The van der Waals surface area contributed by atoms with Crippen LogP contribution in [0.5, 0.6) is 0 Å². The Bertz CT molecular complexity index is 1130. The highest BCUT2D eigenvalue weighted by Gasteiger charge is 2.58. The van der Waals surface area contributed by atoms with Crippen molar-refractivity contribution >= 4 is 45.3 Å². The second-order valence-electron chi connectivity index (χ2n) is 10.8. The molecular weight excluding hydrogens is 556 g/mol. The normalized spacial score (nSPS) is 28.8. The first-order valence-electron chi connectivity index (χ1n) is 12.9. The van der Waals surface area contributed by atoms with E-state index in [0.29, 0.717) is 6.42 Å². The maximum absolute atomic E-state index is 12.4. The minimum Gasteiger partial charge on any atom is -0.481 e. The van der Waals surface area contributed by atoms with Crippen LogP contribution >= 0.6 is 0 Å². The number of carboxylic acid groups (broad SMARTS) is 2. The Labute approximate surface area is 230 Å². The summed E-state index contributed by atoms with van der Waals surface area (Å²) >= 11 is 0. The minimum atomic E-state index is -4.17. The van der Waals surface area contributed by atoms with Gasteiger partial charge in [-0.2, -0.15) is 0 Å². The van der Waals surface area contributed by atoms with E-state index in [-0.39, 0.29) is 69.4 Å². The van der Waals surface area contributed by atoms with Crippen molar-refractivity contribution in [1.82, 2.24) is 0 Å². The van der Waals surface area contributed by atoms with E-state index in [0.717, 1.165) is 6.26 Å². The maximum atomic E-state index is 12.4. The summed E-state index contributed by atoms with van der Waals surface area (Å²) in [5.41, 5.74) is -4.30. The smallest absolute Gasteiger partial charge is 0.336 e. The first-order chi connectivity index (χ1) is 18.4. The Balaban J connectivity index is 1.74. The molecular formula is C25H36O14S. The van der Waals surface area contributed by atoms with Crippen LogP contribution in [-0.2, 0) is 48.1 Å². The van der Waals surface area contributed by atoms with E-state index in [1.807, 2.05) is 0 Å². The van der Waals surface area contributed by atoms with Gasteiger partial charge in [-0.3, -0.25) is 24.0 Å². The molecule has 4 atom stereocenters. The van der Waals surface area contributed by atoms with Crippen LogP contribution in [0.1, 0.15) is 89.9 Å². The average Bonchev–Trinajstić information content (AvgIpc) is 2.76. The number of ether oxygens (including phenoxy) is 2. The molecule has 0 aromatic carbocycles. The van der Waals surface area contributed by atoms with Crippen LogP contribution < -0.4 is 0 Å². The van der Waals surface area contributed by atoms with E-state index >= 15 is 0 Å². The molecule has 4 N–H and O–H groups in total. The van der Waals surface area contributed by atoms with Gasteiger partial charge in [-0.25, -0.2) is 13.2 Å². The molecule has 2 heterocycles. The third-order valence-electron chi connectivity index (χ3n) is 7.14. The summed E-state index contributed by atoms with van der Waals surface area (Å²) in [6.07, 6.45) is -2.20. The van der Waals surface area contributed by atoms with E-state index in [1.54, 1.807) is 0 Å². The van der Waals surface area contributed by atoms with Crippen molar-refractivity contribution in [2.45, 2.75) is 112 Å². The quantitative estimate of drug-likeness (QED) is 0.178. The lowest BCUT2D eigenvalue weighted by atomic mass is 9.85. The van der Waals surface area contributed by atoms with Gasteiger partial charge in [-0.15, -0.1) is 0 Å². The fraction of sp³-hybridized carbons (Fsp3) is 0.760. The van der Waals surface area contributed by atoms with Crippen molar-refractivity contribution in [2.24, 2.45) is 0 Å². The first kappa shape index (κ1) is 33.3. The molecule has 15 heteroatoms. The molecule has 0 radical (unpaired) electrons. The van der Waals surface area contributed by atoms with Gasteiger partial charge < -0.3 is 29.9 Å². The Morgan fingerprint density at radius 2 is 1.48 bits per heavy atom. The van der Waals surface area contributed by atoms with Crippen molar-refractivity contribution in [3.05, 3.63) is 0 Å². The molecule has 14 nitrogen and oxygen atoms in total. The number of hydrogen-bond donors (Lipinski definition) is 4. The number of carboxylic acids is 2. The zero-order valence-electron chi connectivity index (χ0n) is 22.3. The molecule has 2 saturated heterocycles. The van der Waals surface area contributed by atoms with Gasteiger partial charge in [0.2, 0.25) is 4.93 Å². The van der Waals surface area contributed by atoms with E-state index in [4.69, 9.17) is 14.6 Å². The second kappa shape index (κ2) is 13.2. The number of Topliss-reactive ketones (excluding diaryl/α,β-unsaturated/α-hetero) is 2. The fourth-order valence-corrected chi connectivity index (χ4v) is 6.40. The molecule has 2 rings (SSSR count). The van der Waals surface area contributed by atoms with Crippen LogP contribution in [0.2, 0.25) is 0 Å². The van der Waals surface area contributed by atoms with Crippen LogP contribution in [0, 0.1) is 0 Å². The summed E-state index contributed by atoms with van der Waals surface area (Å²) in [5, 5.41) is 38.8. The molecule has 0 bridgehead atoms. The Morgan fingerprint density at radius 1 is 0.900 bits per heavy atom. The van der Waals surface area contributed by atoms with Crippen LogP contribution in [0.25, 0.3) is 0 Å². The zero-order valence-corrected chi connectivity index (χ0v) is 23.1. The van der Waals surface area contributed by atoms with Crippen molar-refractivity contribution in [1.29, 1.82) is 0 Å². The lowest BCUT2D eigenvalue weighted by molar-refractivity contribution is -0.190. The fourth-order valence-electron chi connectivity index (χ4n) is 5.13. The highest BCUT2D eigenvalue weighted by molar-refractivity contribution is 7.91. The predicted molar refractivity (Wildman–Crippen MR) is 133 cm³/mol. The van der Waals surface area contributed by atoms with E-state index in [2.05, 4.69) is 0 Å². The summed E-state index contributed by atoms with van der Waals surface area (Å²) in [4.78, 5) is 68.2. The van der Waals surface area contributed by atoms with Crippen molar-refractivity contribution in [3.8, 4) is 0 Å². The zero-order chi connectivity index (χ0) is 30.4. The topological polar surface area (TPSA) is 236 Å². The number of carbonyl (C=O) groups excluding carboxylic acids is 4. The number of ketones is 2. The Kier molecular flexibility index (Phi) is 11.0. The molecule has 0 aromatic heterocycles. The highest BCUT2D eigenvalue weighted by atomic mass is 32.2. The van der Waals surface area contributed by atoms with Gasteiger partial charge in [-0.1, -0.05) is 0 Å².